The van der Waals surface area contributed by atoms with Gasteiger partial charge in [-0.3, -0.25) is 24.1 Å². The second-order valence-corrected chi connectivity index (χ2v) is 5.92. The lowest BCUT2D eigenvalue weighted by molar-refractivity contribution is -0.147. The largest absolute Gasteiger partial charge is 0.460 e. The third-order valence-electron chi connectivity index (χ3n) is 4.08. The van der Waals surface area contributed by atoms with E-state index in [1.807, 2.05) is 30.3 Å². The first-order valence-electron chi connectivity index (χ1n) is 8.22. The molecule has 6 heteroatoms. The van der Waals surface area contributed by atoms with Crippen LogP contribution in [-0.4, -0.2) is 35.0 Å². The van der Waals surface area contributed by atoms with Crippen LogP contribution in [0.3, 0.4) is 0 Å². The molecule has 0 radical (unpaired) electrons. The van der Waals surface area contributed by atoms with Crippen LogP contribution in [-0.2, 0) is 20.9 Å². The van der Waals surface area contributed by atoms with Gasteiger partial charge in [-0.2, -0.15) is 0 Å². The zero-order chi connectivity index (χ0) is 18.5. The normalized spacial score (nSPS) is 12.8. The van der Waals surface area contributed by atoms with Crippen molar-refractivity contribution in [2.45, 2.75) is 19.4 Å². The molecule has 3 rings (SSSR count). The van der Waals surface area contributed by atoms with Gasteiger partial charge < -0.3 is 4.74 Å². The number of imide groups is 1. The number of ether oxygens (including phenoxy) is 1. The van der Waals surface area contributed by atoms with E-state index in [1.54, 1.807) is 24.3 Å². The molecule has 1 heterocycles. The van der Waals surface area contributed by atoms with Gasteiger partial charge in [-0.15, -0.1) is 0 Å². The standard InChI is InChI=1S/C20H17NO5/c22-15(12-18(23)26-13-14-6-2-1-3-7-14)10-11-21-19(24)16-8-4-5-9-17(16)20(21)25/h1-9H,10-13H2. The fraction of sp³-hybridized carbons (Fsp3) is 0.200. The predicted octanol–water partition coefficient (Wildman–Crippen LogP) is 2.38. The average Bonchev–Trinajstić information content (AvgIpc) is 2.90. The van der Waals surface area contributed by atoms with Gasteiger partial charge in [0.25, 0.3) is 11.8 Å². The van der Waals surface area contributed by atoms with Crippen LogP contribution in [0.25, 0.3) is 0 Å². The predicted molar refractivity (Wildman–Crippen MR) is 92.3 cm³/mol. The molecule has 0 saturated heterocycles. The van der Waals surface area contributed by atoms with Gasteiger partial charge in [-0.1, -0.05) is 42.5 Å². The van der Waals surface area contributed by atoms with Crippen LogP contribution in [0.1, 0.15) is 39.1 Å². The molecule has 2 aromatic rings. The first-order valence-corrected chi connectivity index (χ1v) is 8.22. The Bertz CT molecular complexity index is 825. The molecule has 6 nitrogen and oxygen atoms in total. The van der Waals surface area contributed by atoms with Crippen LogP contribution in [0.2, 0.25) is 0 Å². The van der Waals surface area contributed by atoms with Gasteiger partial charge in [-0.05, 0) is 17.7 Å². The van der Waals surface area contributed by atoms with Crippen molar-refractivity contribution in [2.24, 2.45) is 0 Å². The molecule has 1 aliphatic heterocycles. The molecular weight excluding hydrogens is 334 g/mol. The van der Waals surface area contributed by atoms with E-state index in [2.05, 4.69) is 0 Å². The number of esters is 1. The van der Waals surface area contributed by atoms with E-state index in [0.717, 1.165) is 10.5 Å². The molecule has 0 saturated carbocycles. The van der Waals surface area contributed by atoms with E-state index in [-0.39, 0.29) is 31.8 Å². The summed E-state index contributed by atoms with van der Waals surface area (Å²) in [5.41, 5.74) is 1.51. The van der Waals surface area contributed by atoms with Crippen molar-refractivity contribution in [3.63, 3.8) is 0 Å². The van der Waals surface area contributed by atoms with Crippen LogP contribution in [0, 0.1) is 0 Å². The molecule has 0 N–H and O–H groups in total. The van der Waals surface area contributed by atoms with Gasteiger partial charge in [0.05, 0.1) is 11.1 Å². The molecule has 0 aromatic heterocycles. The van der Waals surface area contributed by atoms with E-state index >= 15 is 0 Å². The molecule has 0 atom stereocenters. The van der Waals surface area contributed by atoms with Gasteiger partial charge in [0.15, 0.2) is 0 Å². The lowest BCUT2D eigenvalue weighted by atomic mass is 10.1. The first kappa shape index (κ1) is 17.5. The minimum absolute atomic E-state index is 0.0445. The molecule has 26 heavy (non-hydrogen) atoms. The third kappa shape index (κ3) is 3.85. The number of rotatable bonds is 7. The molecule has 0 fully saturated rings. The lowest BCUT2D eigenvalue weighted by Crippen LogP contribution is -2.32. The average molecular weight is 351 g/mol. The molecule has 0 bridgehead atoms. The van der Waals surface area contributed by atoms with Crippen molar-refractivity contribution in [2.75, 3.05) is 6.54 Å². The van der Waals surface area contributed by atoms with Gasteiger partial charge >= 0.3 is 5.97 Å². The van der Waals surface area contributed by atoms with Crippen molar-refractivity contribution >= 4 is 23.6 Å². The highest BCUT2D eigenvalue weighted by Crippen LogP contribution is 2.22. The number of Topliss-reactive ketones (excluding diaryl/α,β-unsaturated/α-hetero) is 1. The number of amides is 2. The molecule has 1 aliphatic rings. The van der Waals surface area contributed by atoms with E-state index in [1.165, 1.54) is 0 Å². The SMILES string of the molecule is O=C(CCN1C(=O)c2ccccc2C1=O)CC(=O)OCc1ccccc1. The molecule has 2 amide bonds. The summed E-state index contributed by atoms with van der Waals surface area (Å²) < 4.78 is 5.06. The van der Waals surface area contributed by atoms with Crippen LogP contribution >= 0.6 is 0 Å². The molecule has 2 aromatic carbocycles. The first-order chi connectivity index (χ1) is 12.6. The van der Waals surface area contributed by atoms with Crippen molar-refractivity contribution in [3.8, 4) is 0 Å². The summed E-state index contributed by atoms with van der Waals surface area (Å²) >= 11 is 0. The lowest BCUT2D eigenvalue weighted by Gasteiger charge is -2.12. The molecular formula is C20H17NO5. The van der Waals surface area contributed by atoms with Crippen molar-refractivity contribution in [1.82, 2.24) is 4.90 Å². The van der Waals surface area contributed by atoms with Crippen LogP contribution in [0.4, 0.5) is 0 Å². The maximum absolute atomic E-state index is 12.2. The number of carbonyl (C=O) groups is 4. The van der Waals surface area contributed by atoms with Gasteiger partial charge in [0.1, 0.15) is 18.8 Å². The van der Waals surface area contributed by atoms with E-state index in [9.17, 15) is 19.2 Å². The highest BCUT2D eigenvalue weighted by Gasteiger charge is 2.35. The monoisotopic (exact) mass is 351 g/mol. The summed E-state index contributed by atoms with van der Waals surface area (Å²) in [7, 11) is 0. The van der Waals surface area contributed by atoms with E-state index in [4.69, 9.17) is 4.74 Å². The number of hydrogen-bond donors (Lipinski definition) is 0. The minimum Gasteiger partial charge on any atom is -0.460 e. The smallest absolute Gasteiger partial charge is 0.313 e. The Morgan fingerprint density at radius 2 is 1.42 bits per heavy atom. The number of fused-ring (bicyclic) bond motifs is 1. The Labute approximate surface area is 150 Å². The highest BCUT2D eigenvalue weighted by molar-refractivity contribution is 6.21. The Balaban J connectivity index is 1.47. The van der Waals surface area contributed by atoms with E-state index < -0.39 is 17.8 Å². The quantitative estimate of drug-likeness (QED) is 0.435. The second-order valence-electron chi connectivity index (χ2n) is 5.92. The zero-order valence-electron chi connectivity index (χ0n) is 14.0. The summed E-state index contributed by atoms with van der Waals surface area (Å²) in [5, 5.41) is 0. The summed E-state index contributed by atoms with van der Waals surface area (Å²) in [5.74, 6) is -1.82. The summed E-state index contributed by atoms with van der Waals surface area (Å²) in [6.07, 6.45) is -0.456. The van der Waals surface area contributed by atoms with Gasteiger partial charge in [-0.25, -0.2) is 0 Å². The summed E-state index contributed by atoms with van der Waals surface area (Å²) in [6, 6.07) is 15.7. The minimum atomic E-state index is -0.624. The van der Waals surface area contributed by atoms with Gasteiger partial charge in [0, 0.05) is 13.0 Å². The number of nitrogens with zero attached hydrogens (tertiary/aromatic N) is 1. The maximum Gasteiger partial charge on any atom is 0.313 e. The summed E-state index contributed by atoms with van der Waals surface area (Å²) in [4.78, 5) is 49.1. The summed E-state index contributed by atoms with van der Waals surface area (Å²) in [6.45, 7) is 0.0580. The number of hydrogen-bond acceptors (Lipinski definition) is 5. The highest BCUT2D eigenvalue weighted by atomic mass is 16.5. The second kappa shape index (κ2) is 7.74. The Hall–Kier alpha value is -3.28. The van der Waals surface area contributed by atoms with E-state index in [0.29, 0.717) is 11.1 Å². The number of carbonyl (C=O) groups excluding carboxylic acids is 4. The van der Waals surface area contributed by atoms with Crippen LogP contribution in [0.5, 0.6) is 0 Å². The fourth-order valence-electron chi connectivity index (χ4n) is 2.72. The Morgan fingerprint density at radius 1 is 0.846 bits per heavy atom. The van der Waals surface area contributed by atoms with Crippen molar-refractivity contribution < 1.29 is 23.9 Å². The molecule has 132 valence electrons. The zero-order valence-corrected chi connectivity index (χ0v) is 14.0. The Morgan fingerprint density at radius 3 is 2.04 bits per heavy atom. The van der Waals surface area contributed by atoms with Crippen molar-refractivity contribution in [1.29, 1.82) is 0 Å². The molecule has 0 aliphatic carbocycles. The van der Waals surface area contributed by atoms with Crippen LogP contribution < -0.4 is 0 Å². The van der Waals surface area contributed by atoms with Crippen LogP contribution in [0.15, 0.2) is 54.6 Å². The van der Waals surface area contributed by atoms with Gasteiger partial charge in [0.2, 0.25) is 0 Å². The number of benzene rings is 2. The number of ketones is 1. The topological polar surface area (TPSA) is 80.8 Å². The maximum atomic E-state index is 12.2. The third-order valence-corrected chi connectivity index (χ3v) is 4.08. The Kier molecular flexibility index (Phi) is 5.22. The van der Waals surface area contributed by atoms with Crippen molar-refractivity contribution in [3.05, 3.63) is 71.3 Å². The fourth-order valence-corrected chi connectivity index (χ4v) is 2.72. The molecule has 0 spiro atoms. The molecule has 0 unspecified atom stereocenters.